The largest absolute Gasteiger partial charge is 0.418 e. The van der Waals surface area contributed by atoms with E-state index in [1.165, 1.54) is 32.1 Å². The van der Waals surface area contributed by atoms with Gasteiger partial charge in [-0.15, -0.1) is 0 Å². The van der Waals surface area contributed by atoms with Gasteiger partial charge in [-0.25, -0.2) is 0 Å². The van der Waals surface area contributed by atoms with E-state index < -0.39 is 8.32 Å². The second-order valence-corrected chi connectivity index (χ2v) is 8.63. The lowest BCUT2D eigenvalue weighted by Crippen LogP contribution is -2.38. The van der Waals surface area contributed by atoms with Gasteiger partial charge in [0.05, 0.1) is 6.23 Å². The molecule has 1 unspecified atom stereocenters. The summed E-state index contributed by atoms with van der Waals surface area (Å²) in [6.45, 7) is 2.13. The highest BCUT2D eigenvalue weighted by atomic mass is 28.4. The average molecular weight is 202 g/mol. The molecule has 0 aromatic heterocycles. The van der Waals surface area contributed by atoms with Gasteiger partial charge in [-0.1, -0.05) is 32.1 Å². The quantitative estimate of drug-likeness (QED) is 0.693. The predicted molar refractivity (Wildman–Crippen MR) is 57.1 cm³/mol. The second kappa shape index (κ2) is 5.13. The van der Waals surface area contributed by atoms with Crippen LogP contribution in [-0.2, 0) is 4.43 Å². The van der Waals surface area contributed by atoms with Gasteiger partial charge in [-0.2, -0.15) is 0 Å². The smallest absolute Gasteiger partial charge is 0.214 e. The molecule has 78 valence electrons. The molecular weight excluding hydrogens is 180 g/mol. The fourth-order valence-electron chi connectivity index (χ4n) is 2.05. The zero-order valence-electron chi connectivity index (χ0n) is 8.88. The number of hydrogen-bond acceptors (Lipinski definition) is 2. The van der Waals surface area contributed by atoms with Crippen LogP contribution in [-0.4, -0.2) is 26.8 Å². The summed E-state index contributed by atoms with van der Waals surface area (Å²) in [7, 11) is 0.0378. The minimum atomic E-state index is -1.71. The fourth-order valence-corrected chi connectivity index (χ4v) is 3.56. The Morgan fingerprint density at radius 2 is 2.00 bits per heavy atom. The molecule has 3 heteroatoms. The minimum Gasteiger partial charge on any atom is -0.418 e. The highest BCUT2D eigenvalue weighted by Crippen LogP contribution is 2.30. The van der Waals surface area contributed by atoms with Crippen LogP contribution in [0.15, 0.2) is 0 Å². The van der Waals surface area contributed by atoms with Gasteiger partial charge in [-0.05, 0) is 18.5 Å². The van der Waals surface area contributed by atoms with E-state index in [0.717, 1.165) is 12.0 Å². The highest BCUT2D eigenvalue weighted by Gasteiger charge is 2.28. The fraction of sp³-hybridized carbons (Fsp3) is 1.00. The van der Waals surface area contributed by atoms with E-state index in [4.69, 9.17) is 4.43 Å². The zero-order chi connectivity index (χ0) is 9.73. The van der Waals surface area contributed by atoms with E-state index >= 15 is 0 Å². The monoisotopic (exact) mass is 202 g/mol. The lowest BCUT2D eigenvalue weighted by molar-refractivity contribution is 0.297. The topological polar surface area (TPSA) is 29.5 Å². The number of aliphatic hydroxyl groups is 1. The van der Waals surface area contributed by atoms with Crippen molar-refractivity contribution < 1.29 is 9.53 Å². The molecule has 1 aliphatic rings. The van der Waals surface area contributed by atoms with Gasteiger partial charge in [0.1, 0.15) is 0 Å². The van der Waals surface area contributed by atoms with E-state index in [1.807, 2.05) is 0 Å². The first-order valence-corrected chi connectivity index (χ1v) is 8.18. The first-order valence-electron chi connectivity index (χ1n) is 5.36. The molecule has 0 spiro atoms. The van der Waals surface area contributed by atoms with Gasteiger partial charge in [0, 0.05) is 7.11 Å². The van der Waals surface area contributed by atoms with Gasteiger partial charge in [0.15, 0.2) is 0 Å². The Hall–Kier alpha value is 0.137. The molecule has 0 heterocycles. The summed E-state index contributed by atoms with van der Waals surface area (Å²) in [6, 6.07) is 1.13. The van der Waals surface area contributed by atoms with Gasteiger partial charge in [-0.3, -0.25) is 0 Å². The Balaban J connectivity index is 2.22. The standard InChI is InChI=1S/C10H22O2Si/c1-12-13(2,9-11)8-7-10-5-3-4-6-10/h10-11H,3-9H2,1-2H3. The molecule has 0 aromatic rings. The number of hydrogen-bond donors (Lipinski definition) is 1. The van der Waals surface area contributed by atoms with Crippen molar-refractivity contribution in [1.82, 2.24) is 0 Å². The van der Waals surface area contributed by atoms with Crippen LogP contribution in [0.25, 0.3) is 0 Å². The van der Waals surface area contributed by atoms with Gasteiger partial charge in [0.25, 0.3) is 0 Å². The van der Waals surface area contributed by atoms with Crippen LogP contribution in [0.1, 0.15) is 32.1 Å². The molecule has 13 heavy (non-hydrogen) atoms. The molecule has 2 nitrogen and oxygen atoms in total. The average Bonchev–Trinajstić information content (AvgIpc) is 2.67. The van der Waals surface area contributed by atoms with E-state index in [0.29, 0.717) is 0 Å². The van der Waals surface area contributed by atoms with Gasteiger partial charge in [0.2, 0.25) is 8.32 Å². The zero-order valence-corrected chi connectivity index (χ0v) is 9.88. The second-order valence-electron chi connectivity index (χ2n) is 4.50. The molecule has 0 aromatic carbocycles. The molecule has 0 bridgehead atoms. The lowest BCUT2D eigenvalue weighted by atomic mass is 10.1. The van der Waals surface area contributed by atoms with Crippen LogP contribution in [0, 0.1) is 5.92 Å². The summed E-state index contributed by atoms with van der Waals surface area (Å²) in [5.41, 5.74) is 0. The lowest BCUT2D eigenvalue weighted by Gasteiger charge is -2.24. The Kier molecular flexibility index (Phi) is 4.42. The first-order chi connectivity index (χ1) is 6.20. The maximum Gasteiger partial charge on any atom is 0.214 e. The minimum absolute atomic E-state index is 0.274. The van der Waals surface area contributed by atoms with Crippen molar-refractivity contribution in [2.75, 3.05) is 13.3 Å². The Bertz CT molecular complexity index is 140. The van der Waals surface area contributed by atoms with E-state index in [-0.39, 0.29) is 6.23 Å². The van der Waals surface area contributed by atoms with Crippen molar-refractivity contribution in [1.29, 1.82) is 0 Å². The summed E-state index contributed by atoms with van der Waals surface area (Å²) in [6.07, 6.45) is 7.18. The normalized spacial score (nSPS) is 23.3. The number of rotatable bonds is 5. The van der Waals surface area contributed by atoms with Crippen LogP contribution in [0.2, 0.25) is 12.6 Å². The SMILES string of the molecule is CO[Si](C)(CO)CCC1CCCC1. The third-order valence-corrected chi connectivity index (χ3v) is 6.38. The van der Waals surface area contributed by atoms with Gasteiger partial charge >= 0.3 is 0 Å². The molecular formula is C10H22O2Si. The summed E-state index contributed by atoms with van der Waals surface area (Å²) in [4.78, 5) is 0. The maximum absolute atomic E-state index is 9.20. The summed E-state index contributed by atoms with van der Waals surface area (Å²) >= 11 is 0. The molecule has 1 rings (SSSR count). The Morgan fingerprint density at radius 1 is 1.38 bits per heavy atom. The number of aliphatic hydroxyl groups excluding tert-OH is 1. The molecule has 0 saturated heterocycles. The van der Waals surface area contributed by atoms with Crippen molar-refractivity contribution in [3.63, 3.8) is 0 Å². The first kappa shape index (κ1) is 11.2. The maximum atomic E-state index is 9.20. The van der Waals surface area contributed by atoms with Crippen molar-refractivity contribution in [2.24, 2.45) is 5.92 Å². The molecule has 0 aliphatic heterocycles. The third kappa shape index (κ3) is 3.41. The van der Waals surface area contributed by atoms with Crippen LogP contribution in [0.5, 0.6) is 0 Å². The predicted octanol–water partition coefficient (Wildman–Crippen LogP) is 2.32. The molecule has 0 amide bonds. The summed E-state index contributed by atoms with van der Waals surface area (Å²) in [5, 5.41) is 9.20. The molecule has 0 radical (unpaired) electrons. The summed E-state index contributed by atoms with van der Waals surface area (Å²) < 4.78 is 5.44. The van der Waals surface area contributed by atoms with E-state index in [1.54, 1.807) is 7.11 Å². The molecule has 1 aliphatic carbocycles. The summed E-state index contributed by atoms with van der Waals surface area (Å²) in [5.74, 6) is 0.925. The van der Waals surface area contributed by atoms with Crippen molar-refractivity contribution in [3.05, 3.63) is 0 Å². The molecule has 1 atom stereocenters. The molecule has 1 saturated carbocycles. The van der Waals surface area contributed by atoms with Crippen LogP contribution < -0.4 is 0 Å². The molecule has 1 N–H and O–H groups in total. The van der Waals surface area contributed by atoms with E-state index in [9.17, 15) is 5.11 Å². The van der Waals surface area contributed by atoms with Crippen LogP contribution >= 0.6 is 0 Å². The van der Waals surface area contributed by atoms with E-state index in [2.05, 4.69) is 6.55 Å². The Morgan fingerprint density at radius 3 is 2.46 bits per heavy atom. The van der Waals surface area contributed by atoms with Crippen LogP contribution in [0.3, 0.4) is 0 Å². The van der Waals surface area contributed by atoms with Crippen molar-refractivity contribution in [3.8, 4) is 0 Å². The third-order valence-electron chi connectivity index (χ3n) is 3.38. The van der Waals surface area contributed by atoms with Crippen molar-refractivity contribution in [2.45, 2.75) is 44.7 Å². The molecule has 1 fully saturated rings. The van der Waals surface area contributed by atoms with Crippen molar-refractivity contribution >= 4 is 8.32 Å². The van der Waals surface area contributed by atoms with Gasteiger partial charge < -0.3 is 9.53 Å². The Labute approximate surface area is 82.4 Å². The highest BCUT2D eigenvalue weighted by molar-refractivity contribution is 6.72. The van der Waals surface area contributed by atoms with Crippen LogP contribution in [0.4, 0.5) is 0 Å².